The molecule has 2 aliphatic heterocycles. The molecule has 0 saturated carbocycles. The van der Waals surface area contributed by atoms with E-state index in [1.165, 1.54) is 0 Å². The lowest BCUT2D eigenvalue weighted by atomic mass is 10.0. The van der Waals surface area contributed by atoms with E-state index in [-0.39, 0.29) is 6.29 Å². The molecule has 0 aromatic carbocycles. The summed E-state index contributed by atoms with van der Waals surface area (Å²) in [5.41, 5.74) is 0. The van der Waals surface area contributed by atoms with Gasteiger partial charge in [0.2, 0.25) is 3.79 Å². The molecule has 2 saturated heterocycles. The lowest BCUT2D eigenvalue weighted by molar-refractivity contribution is -0.104. The highest BCUT2D eigenvalue weighted by Crippen LogP contribution is 2.40. The summed E-state index contributed by atoms with van der Waals surface area (Å²) < 4.78 is 9.32. The number of likely N-dealkylation sites (tertiary alicyclic amines) is 1. The van der Waals surface area contributed by atoms with Crippen LogP contribution >= 0.6 is 34.8 Å². The molecule has 0 radical (unpaired) electrons. The second kappa shape index (κ2) is 5.40. The Morgan fingerprint density at radius 1 is 1.35 bits per heavy atom. The molecular weight excluding hydrogens is 284 g/mol. The molecule has 0 aromatic rings. The average Bonchev–Trinajstić information content (AvgIpc) is 2.88. The van der Waals surface area contributed by atoms with Crippen molar-refractivity contribution in [1.82, 2.24) is 4.90 Å². The Kier molecular flexibility index (Phi) is 4.50. The SMILES string of the molecule is CC(C)C1CCCN1[C@H](OC1CO1)C(Cl)(Cl)Cl. The lowest BCUT2D eigenvalue weighted by Gasteiger charge is -2.37. The molecule has 3 nitrogen and oxygen atoms in total. The van der Waals surface area contributed by atoms with Gasteiger partial charge in [0, 0.05) is 12.6 Å². The maximum absolute atomic E-state index is 6.03. The molecule has 0 bridgehead atoms. The number of nitrogens with zero attached hydrogens (tertiary/aromatic N) is 1. The molecular formula is C11H18Cl3NO2. The maximum atomic E-state index is 6.03. The van der Waals surface area contributed by atoms with Gasteiger partial charge in [-0.15, -0.1) is 0 Å². The molecule has 2 rings (SSSR count). The first-order valence-electron chi connectivity index (χ1n) is 5.99. The van der Waals surface area contributed by atoms with E-state index in [0.717, 1.165) is 19.4 Å². The van der Waals surface area contributed by atoms with Crippen LogP contribution in [-0.2, 0) is 9.47 Å². The molecule has 2 aliphatic rings. The van der Waals surface area contributed by atoms with Crippen molar-refractivity contribution in [2.45, 2.75) is 49.0 Å². The zero-order valence-corrected chi connectivity index (χ0v) is 12.3. The van der Waals surface area contributed by atoms with E-state index in [0.29, 0.717) is 18.6 Å². The molecule has 17 heavy (non-hydrogen) atoms. The van der Waals surface area contributed by atoms with Gasteiger partial charge in [0.15, 0.2) is 12.5 Å². The van der Waals surface area contributed by atoms with Crippen LogP contribution in [0.15, 0.2) is 0 Å². The Bertz CT molecular complexity index is 266. The molecule has 100 valence electrons. The van der Waals surface area contributed by atoms with Gasteiger partial charge in [-0.2, -0.15) is 0 Å². The minimum Gasteiger partial charge on any atom is -0.345 e. The molecule has 2 unspecified atom stereocenters. The van der Waals surface area contributed by atoms with E-state index in [4.69, 9.17) is 44.3 Å². The lowest BCUT2D eigenvalue weighted by Crippen LogP contribution is -2.50. The van der Waals surface area contributed by atoms with Crippen molar-refractivity contribution in [2.24, 2.45) is 5.92 Å². The second-order valence-corrected chi connectivity index (χ2v) is 7.35. The van der Waals surface area contributed by atoms with Crippen molar-refractivity contribution in [1.29, 1.82) is 0 Å². The first-order chi connectivity index (χ1) is 7.89. The van der Waals surface area contributed by atoms with Gasteiger partial charge in [0.05, 0.1) is 0 Å². The van der Waals surface area contributed by atoms with Crippen LogP contribution < -0.4 is 0 Å². The molecule has 0 spiro atoms. The average molecular weight is 303 g/mol. The van der Waals surface area contributed by atoms with Crippen molar-refractivity contribution >= 4 is 34.8 Å². The van der Waals surface area contributed by atoms with Gasteiger partial charge in [-0.1, -0.05) is 48.7 Å². The fourth-order valence-corrected chi connectivity index (χ4v) is 2.96. The Labute approximate surface area is 117 Å². The van der Waals surface area contributed by atoms with E-state index < -0.39 is 10.0 Å². The molecule has 2 fully saturated rings. The van der Waals surface area contributed by atoms with Crippen LogP contribution in [0.25, 0.3) is 0 Å². The summed E-state index contributed by atoms with van der Waals surface area (Å²) in [6, 6.07) is 0.411. The van der Waals surface area contributed by atoms with Gasteiger partial charge in [0.25, 0.3) is 0 Å². The quantitative estimate of drug-likeness (QED) is 0.589. The van der Waals surface area contributed by atoms with E-state index in [9.17, 15) is 0 Å². The minimum absolute atomic E-state index is 0.205. The molecule has 6 heteroatoms. The van der Waals surface area contributed by atoms with Crippen LogP contribution in [0.1, 0.15) is 26.7 Å². The van der Waals surface area contributed by atoms with Crippen molar-refractivity contribution in [3.8, 4) is 0 Å². The first kappa shape index (κ1) is 14.2. The third-order valence-electron chi connectivity index (χ3n) is 3.28. The Morgan fingerprint density at radius 2 is 2.00 bits per heavy atom. The predicted octanol–water partition coefficient (Wildman–Crippen LogP) is 3.18. The van der Waals surface area contributed by atoms with Crippen LogP contribution in [0, 0.1) is 5.92 Å². The van der Waals surface area contributed by atoms with Gasteiger partial charge >= 0.3 is 0 Å². The van der Waals surface area contributed by atoms with Crippen molar-refractivity contribution in [2.75, 3.05) is 13.2 Å². The number of hydrogen-bond acceptors (Lipinski definition) is 3. The fraction of sp³-hybridized carbons (Fsp3) is 1.00. The van der Waals surface area contributed by atoms with Crippen LogP contribution in [0.3, 0.4) is 0 Å². The Hall–Kier alpha value is 0.750. The number of halogens is 3. The summed E-state index contributed by atoms with van der Waals surface area (Å²) in [5, 5.41) is 0. The summed E-state index contributed by atoms with van der Waals surface area (Å²) in [6.45, 7) is 5.88. The summed E-state index contributed by atoms with van der Waals surface area (Å²) >= 11 is 18.1. The molecule has 0 aliphatic carbocycles. The summed E-state index contributed by atoms with van der Waals surface area (Å²) in [6.07, 6.45) is 1.53. The first-order valence-corrected chi connectivity index (χ1v) is 7.12. The number of alkyl halides is 3. The third kappa shape index (κ3) is 3.62. The Balaban J connectivity index is 2.07. The highest BCUT2D eigenvalue weighted by atomic mass is 35.6. The van der Waals surface area contributed by atoms with Crippen molar-refractivity contribution in [3.05, 3.63) is 0 Å². The number of hydrogen-bond donors (Lipinski definition) is 0. The summed E-state index contributed by atoms with van der Waals surface area (Å²) in [5.74, 6) is 0.524. The molecule has 0 amide bonds. The molecule has 3 atom stereocenters. The standard InChI is InChI=1S/C11H18Cl3NO2/c1-7(2)8-4-3-5-15(8)10(11(12,13)14)17-9-6-16-9/h7-10H,3-6H2,1-2H3/t8?,9?,10-/m1/s1. The Morgan fingerprint density at radius 3 is 2.47 bits per heavy atom. The zero-order chi connectivity index (χ0) is 12.6. The van der Waals surface area contributed by atoms with Crippen LogP contribution in [0.5, 0.6) is 0 Å². The molecule has 0 aromatic heterocycles. The van der Waals surface area contributed by atoms with Crippen LogP contribution in [0.4, 0.5) is 0 Å². The maximum Gasteiger partial charge on any atom is 0.229 e. The van der Waals surface area contributed by atoms with E-state index in [1.54, 1.807) is 0 Å². The molecule has 0 N–H and O–H groups in total. The zero-order valence-electron chi connectivity index (χ0n) is 10.0. The summed E-state index contributed by atoms with van der Waals surface area (Å²) in [4.78, 5) is 2.17. The van der Waals surface area contributed by atoms with E-state index >= 15 is 0 Å². The molecule has 2 heterocycles. The number of ether oxygens (including phenoxy) is 2. The van der Waals surface area contributed by atoms with Crippen molar-refractivity contribution in [3.63, 3.8) is 0 Å². The van der Waals surface area contributed by atoms with Gasteiger partial charge in [-0.3, -0.25) is 4.90 Å². The largest absolute Gasteiger partial charge is 0.345 e. The topological polar surface area (TPSA) is 25.0 Å². The number of epoxide rings is 1. The van der Waals surface area contributed by atoms with Crippen LogP contribution in [-0.4, -0.2) is 40.4 Å². The van der Waals surface area contributed by atoms with Gasteiger partial charge in [-0.25, -0.2) is 0 Å². The van der Waals surface area contributed by atoms with E-state index in [2.05, 4.69) is 18.7 Å². The van der Waals surface area contributed by atoms with Gasteiger partial charge in [-0.05, 0) is 18.8 Å². The highest BCUT2D eigenvalue weighted by molar-refractivity contribution is 6.68. The second-order valence-electron chi connectivity index (χ2n) is 4.98. The minimum atomic E-state index is -1.44. The third-order valence-corrected chi connectivity index (χ3v) is 3.84. The van der Waals surface area contributed by atoms with Crippen molar-refractivity contribution < 1.29 is 9.47 Å². The normalized spacial score (nSPS) is 32.1. The monoisotopic (exact) mass is 301 g/mol. The fourth-order valence-electron chi connectivity index (χ4n) is 2.43. The predicted molar refractivity (Wildman–Crippen MR) is 69.5 cm³/mol. The smallest absolute Gasteiger partial charge is 0.229 e. The highest BCUT2D eigenvalue weighted by Gasteiger charge is 2.46. The van der Waals surface area contributed by atoms with E-state index in [1.807, 2.05) is 0 Å². The van der Waals surface area contributed by atoms with Gasteiger partial charge < -0.3 is 9.47 Å². The van der Waals surface area contributed by atoms with Crippen LogP contribution in [0.2, 0.25) is 0 Å². The summed E-state index contributed by atoms with van der Waals surface area (Å²) in [7, 11) is 0. The van der Waals surface area contributed by atoms with Gasteiger partial charge in [0.1, 0.15) is 6.61 Å². The number of rotatable bonds is 4.